The first-order chi connectivity index (χ1) is 8.72. The number of thiophene rings is 1. The molecule has 0 amide bonds. The van der Waals surface area contributed by atoms with Crippen LogP contribution in [0.2, 0.25) is 0 Å². The van der Waals surface area contributed by atoms with Crippen LogP contribution in [0.15, 0.2) is 17.5 Å². The van der Waals surface area contributed by atoms with Crippen LogP contribution in [0.25, 0.3) is 10.3 Å². The molecule has 0 unspecified atom stereocenters. The first-order valence-electron chi connectivity index (χ1n) is 5.39. The van der Waals surface area contributed by atoms with E-state index in [1.54, 1.807) is 11.3 Å². The number of hydrogen-bond donors (Lipinski definition) is 2. The van der Waals surface area contributed by atoms with Gasteiger partial charge in [-0.15, -0.1) is 11.3 Å². The third-order valence-corrected chi connectivity index (χ3v) is 4.13. The summed E-state index contributed by atoms with van der Waals surface area (Å²) in [5.74, 6) is 0.982. The Hall–Kier alpha value is -1.73. The summed E-state index contributed by atoms with van der Waals surface area (Å²) < 4.78 is 0. The fourth-order valence-corrected chi connectivity index (χ4v) is 3.05. The van der Waals surface area contributed by atoms with Crippen LogP contribution in [-0.2, 0) is 6.54 Å². The molecule has 0 saturated carbocycles. The van der Waals surface area contributed by atoms with Crippen molar-refractivity contribution in [2.24, 2.45) is 0 Å². The maximum Gasteiger partial charge on any atom is 0.226 e. The number of aryl methyl sites for hydroxylation is 1. The van der Waals surface area contributed by atoms with Crippen LogP contribution < -0.4 is 11.1 Å². The minimum Gasteiger partial charge on any atom is -0.382 e. The number of anilines is 2. The van der Waals surface area contributed by atoms with E-state index in [2.05, 4.69) is 26.3 Å². The number of nitrogen functional groups attached to an aromatic ring is 1. The van der Waals surface area contributed by atoms with Gasteiger partial charge in [0.05, 0.1) is 11.6 Å². The minimum atomic E-state index is 0.429. The zero-order valence-electron chi connectivity index (χ0n) is 9.67. The largest absolute Gasteiger partial charge is 0.382 e. The Morgan fingerprint density at radius 3 is 3.00 bits per heavy atom. The van der Waals surface area contributed by atoms with Gasteiger partial charge >= 0.3 is 0 Å². The molecule has 0 spiro atoms. The van der Waals surface area contributed by atoms with E-state index < -0.39 is 0 Å². The second-order valence-electron chi connectivity index (χ2n) is 3.75. The van der Waals surface area contributed by atoms with E-state index in [0.717, 1.165) is 9.84 Å². The number of fused-ring (bicyclic) bond motifs is 1. The van der Waals surface area contributed by atoms with E-state index in [0.29, 0.717) is 23.8 Å². The summed E-state index contributed by atoms with van der Waals surface area (Å²) in [5, 5.41) is 6.17. The standard InChI is InChI=1S/C11H11N5S2/c1-6-14-8-9(12)15-11(16-10(8)18-6)13-5-7-3-2-4-17-7/h2-4H,5H2,1H3,(H3,12,13,15,16). The Balaban J connectivity index is 1.88. The average Bonchev–Trinajstić information content (AvgIpc) is 2.94. The summed E-state index contributed by atoms with van der Waals surface area (Å²) in [6.45, 7) is 2.64. The Morgan fingerprint density at radius 2 is 2.22 bits per heavy atom. The molecular formula is C11H11N5S2. The van der Waals surface area contributed by atoms with Gasteiger partial charge in [-0.25, -0.2) is 9.97 Å². The van der Waals surface area contributed by atoms with Crippen LogP contribution in [-0.4, -0.2) is 15.0 Å². The molecule has 0 aliphatic rings. The van der Waals surface area contributed by atoms with Gasteiger partial charge in [0, 0.05) is 4.88 Å². The number of nitrogens with two attached hydrogens (primary N) is 1. The second-order valence-corrected chi connectivity index (χ2v) is 5.97. The predicted octanol–water partition coefficient (Wildman–Crippen LogP) is 2.65. The van der Waals surface area contributed by atoms with Gasteiger partial charge < -0.3 is 11.1 Å². The molecule has 7 heteroatoms. The topological polar surface area (TPSA) is 76.7 Å². The molecule has 3 aromatic rings. The van der Waals surface area contributed by atoms with E-state index in [1.165, 1.54) is 16.2 Å². The molecule has 5 nitrogen and oxygen atoms in total. The maximum atomic E-state index is 5.87. The van der Waals surface area contributed by atoms with E-state index in [-0.39, 0.29) is 0 Å². The van der Waals surface area contributed by atoms with E-state index in [4.69, 9.17) is 5.73 Å². The highest BCUT2D eigenvalue weighted by Gasteiger charge is 2.09. The molecule has 0 aliphatic heterocycles. The number of aromatic nitrogens is 3. The van der Waals surface area contributed by atoms with Crippen molar-refractivity contribution in [3.63, 3.8) is 0 Å². The van der Waals surface area contributed by atoms with Gasteiger partial charge in [-0.1, -0.05) is 17.4 Å². The second kappa shape index (κ2) is 4.51. The van der Waals surface area contributed by atoms with E-state index in [9.17, 15) is 0 Å². The lowest BCUT2D eigenvalue weighted by Crippen LogP contribution is -2.04. The minimum absolute atomic E-state index is 0.429. The summed E-state index contributed by atoms with van der Waals surface area (Å²) in [6, 6.07) is 4.09. The first kappa shape index (κ1) is 11.4. The van der Waals surface area contributed by atoms with Crippen LogP contribution in [0.4, 0.5) is 11.8 Å². The third kappa shape index (κ3) is 2.14. The van der Waals surface area contributed by atoms with Crippen molar-refractivity contribution in [3.05, 3.63) is 27.4 Å². The quantitative estimate of drug-likeness (QED) is 0.769. The zero-order chi connectivity index (χ0) is 12.5. The lowest BCUT2D eigenvalue weighted by Gasteiger charge is -2.03. The lowest BCUT2D eigenvalue weighted by molar-refractivity contribution is 1.10. The number of hydrogen-bond acceptors (Lipinski definition) is 7. The third-order valence-electron chi connectivity index (χ3n) is 2.39. The molecule has 0 bridgehead atoms. The lowest BCUT2D eigenvalue weighted by atomic mass is 10.4. The predicted molar refractivity (Wildman–Crippen MR) is 76.0 cm³/mol. The smallest absolute Gasteiger partial charge is 0.226 e. The Bertz CT molecular complexity index is 674. The SMILES string of the molecule is Cc1nc2c(N)nc(NCc3cccs3)nc2s1. The van der Waals surface area contributed by atoms with Gasteiger partial charge in [0.25, 0.3) is 0 Å². The van der Waals surface area contributed by atoms with Crippen molar-refractivity contribution in [2.75, 3.05) is 11.1 Å². The van der Waals surface area contributed by atoms with Crippen molar-refractivity contribution < 1.29 is 0 Å². The van der Waals surface area contributed by atoms with Gasteiger partial charge in [0.1, 0.15) is 5.52 Å². The fraction of sp³-hybridized carbons (Fsp3) is 0.182. The first-order valence-corrected chi connectivity index (χ1v) is 7.09. The van der Waals surface area contributed by atoms with Crippen LogP contribution in [0.3, 0.4) is 0 Å². The van der Waals surface area contributed by atoms with Crippen molar-refractivity contribution in [1.82, 2.24) is 15.0 Å². The van der Waals surface area contributed by atoms with Crippen LogP contribution in [0.5, 0.6) is 0 Å². The molecule has 3 rings (SSSR count). The van der Waals surface area contributed by atoms with Crippen molar-refractivity contribution in [1.29, 1.82) is 0 Å². The molecule has 0 radical (unpaired) electrons. The molecule has 0 atom stereocenters. The highest BCUT2D eigenvalue weighted by atomic mass is 32.1. The summed E-state index contributed by atoms with van der Waals surface area (Å²) in [5.41, 5.74) is 6.57. The molecule has 92 valence electrons. The van der Waals surface area contributed by atoms with Crippen molar-refractivity contribution in [3.8, 4) is 0 Å². The van der Waals surface area contributed by atoms with E-state index >= 15 is 0 Å². The van der Waals surface area contributed by atoms with Gasteiger partial charge in [-0.05, 0) is 18.4 Å². The van der Waals surface area contributed by atoms with Crippen LogP contribution >= 0.6 is 22.7 Å². The highest BCUT2D eigenvalue weighted by molar-refractivity contribution is 7.18. The Morgan fingerprint density at radius 1 is 1.33 bits per heavy atom. The monoisotopic (exact) mass is 277 g/mol. The summed E-state index contributed by atoms with van der Waals surface area (Å²) in [6.07, 6.45) is 0. The van der Waals surface area contributed by atoms with Crippen LogP contribution in [0, 0.1) is 6.92 Å². The molecule has 0 aliphatic carbocycles. The molecule has 3 N–H and O–H groups in total. The van der Waals surface area contributed by atoms with Gasteiger partial charge in [0.15, 0.2) is 10.6 Å². The molecule has 3 aromatic heterocycles. The molecule has 0 fully saturated rings. The van der Waals surface area contributed by atoms with Crippen LogP contribution in [0.1, 0.15) is 9.88 Å². The number of thiazole rings is 1. The van der Waals surface area contributed by atoms with Gasteiger partial charge in [-0.2, -0.15) is 4.98 Å². The van der Waals surface area contributed by atoms with E-state index in [1.807, 2.05) is 18.4 Å². The van der Waals surface area contributed by atoms with Gasteiger partial charge in [-0.3, -0.25) is 0 Å². The molecule has 0 aromatic carbocycles. The molecule has 0 saturated heterocycles. The Labute approximate surface area is 112 Å². The molecule has 3 heterocycles. The highest BCUT2D eigenvalue weighted by Crippen LogP contribution is 2.24. The zero-order valence-corrected chi connectivity index (χ0v) is 11.3. The normalized spacial score (nSPS) is 10.9. The summed E-state index contributed by atoms with van der Waals surface area (Å²) in [4.78, 5) is 15.0. The van der Waals surface area contributed by atoms with Gasteiger partial charge in [0.2, 0.25) is 5.95 Å². The number of rotatable bonds is 3. The summed E-state index contributed by atoms with van der Waals surface area (Å²) >= 11 is 3.22. The number of nitrogens with one attached hydrogen (secondary N) is 1. The van der Waals surface area contributed by atoms with Crippen molar-refractivity contribution >= 4 is 44.8 Å². The maximum absolute atomic E-state index is 5.87. The van der Waals surface area contributed by atoms with Crippen molar-refractivity contribution in [2.45, 2.75) is 13.5 Å². The molecular weight excluding hydrogens is 266 g/mol. The average molecular weight is 277 g/mol. The summed E-state index contributed by atoms with van der Waals surface area (Å²) in [7, 11) is 0. The number of nitrogens with zero attached hydrogens (tertiary/aromatic N) is 3. The fourth-order valence-electron chi connectivity index (χ4n) is 1.61. The Kier molecular flexibility index (Phi) is 2.85. The molecule has 18 heavy (non-hydrogen) atoms.